The summed E-state index contributed by atoms with van der Waals surface area (Å²) in [5, 5.41) is 5.55. The maximum absolute atomic E-state index is 12.7. The lowest BCUT2D eigenvalue weighted by molar-refractivity contribution is -0.113. The molecular formula is C22H24N4O6S2. The Labute approximate surface area is 204 Å². The lowest BCUT2D eigenvalue weighted by Crippen LogP contribution is -2.14. The fraction of sp³-hybridized carbons (Fsp3) is 0.227. The number of carbonyl (C=O) groups excluding carboxylic acids is 2. The van der Waals surface area contributed by atoms with E-state index in [0.29, 0.717) is 38.7 Å². The average molecular weight is 505 g/mol. The second kappa shape index (κ2) is 11.5. The summed E-state index contributed by atoms with van der Waals surface area (Å²) in [6, 6.07) is 10.1. The molecule has 0 unspecified atom stereocenters. The van der Waals surface area contributed by atoms with E-state index in [0.717, 1.165) is 11.3 Å². The molecule has 4 N–H and O–H groups in total. The average Bonchev–Trinajstić information content (AvgIpc) is 3.23. The van der Waals surface area contributed by atoms with Gasteiger partial charge in [0.05, 0.1) is 34.2 Å². The predicted octanol–water partition coefficient (Wildman–Crippen LogP) is 3.74. The molecule has 0 radical (unpaired) electrons. The summed E-state index contributed by atoms with van der Waals surface area (Å²) in [4.78, 5) is 29.5. The lowest BCUT2D eigenvalue weighted by Gasteiger charge is -2.10. The maximum atomic E-state index is 12.7. The van der Waals surface area contributed by atoms with Gasteiger partial charge in [0.15, 0.2) is 27.3 Å². The van der Waals surface area contributed by atoms with E-state index in [4.69, 9.17) is 24.7 Å². The minimum Gasteiger partial charge on any atom is -0.493 e. The highest BCUT2D eigenvalue weighted by atomic mass is 32.2. The van der Waals surface area contributed by atoms with E-state index in [2.05, 4.69) is 15.6 Å². The van der Waals surface area contributed by atoms with Gasteiger partial charge < -0.3 is 35.3 Å². The summed E-state index contributed by atoms with van der Waals surface area (Å²) in [6.07, 6.45) is 0. The van der Waals surface area contributed by atoms with Crippen LogP contribution < -0.4 is 35.3 Å². The molecule has 2 amide bonds. The molecule has 0 saturated carbocycles. The largest absolute Gasteiger partial charge is 0.493 e. The number of anilines is 3. The number of hydrogen-bond acceptors (Lipinski definition) is 10. The number of methoxy groups -OCH3 is 4. The molecule has 3 rings (SSSR count). The van der Waals surface area contributed by atoms with Gasteiger partial charge in [-0.2, -0.15) is 0 Å². The third-order valence-electron chi connectivity index (χ3n) is 4.48. The highest BCUT2D eigenvalue weighted by molar-refractivity contribution is 8.01. The molecule has 1 heterocycles. The Bertz CT molecular complexity index is 1180. The number of thioether (sulfide) groups is 1. The number of ether oxygens (including phenoxy) is 4. The van der Waals surface area contributed by atoms with Crippen LogP contribution in [0.25, 0.3) is 0 Å². The van der Waals surface area contributed by atoms with Gasteiger partial charge in [0, 0.05) is 23.5 Å². The number of nitrogens with one attached hydrogen (secondary N) is 2. The van der Waals surface area contributed by atoms with Gasteiger partial charge in [-0.1, -0.05) is 11.8 Å². The summed E-state index contributed by atoms with van der Waals surface area (Å²) in [5.74, 6) is 1.60. The molecule has 0 atom stereocenters. The van der Waals surface area contributed by atoms with Crippen molar-refractivity contribution in [2.45, 2.75) is 4.34 Å². The summed E-state index contributed by atoms with van der Waals surface area (Å²) in [7, 11) is 6.09. The summed E-state index contributed by atoms with van der Waals surface area (Å²) < 4.78 is 21.4. The van der Waals surface area contributed by atoms with Gasteiger partial charge in [0.25, 0.3) is 5.91 Å². The van der Waals surface area contributed by atoms with Crippen LogP contribution in [0, 0.1) is 0 Å². The molecule has 12 heteroatoms. The molecule has 0 bridgehead atoms. The second-order valence-electron chi connectivity index (χ2n) is 6.62. The molecule has 0 fully saturated rings. The van der Waals surface area contributed by atoms with Crippen molar-refractivity contribution in [3.63, 3.8) is 0 Å². The number of aromatic nitrogens is 1. The topological polar surface area (TPSA) is 134 Å². The van der Waals surface area contributed by atoms with Crippen LogP contribution in [0.4, 0.5) is 17.2 Å². The number of thiazole rings is 1. The van der Waals surface area contributed by atoms with E-state index in [9.17, 15) is 9.59 Å². The Morgan fingerprint density at radius 2 is 1.41 bits per heavy atom. The molecular weight excluding hydrogens is 480 g/mol. The first kappa shape index (κ1) is 25.0. The van der Waals surface area contributed by atoms with Crippen molar-refractivity contribution in [1.29, 1.82) is 0 Å². The van der Waals surface area contributed by atoms with E-state index in [1.807, 2.05) is 0 Å². The number of nitrogen functional groups attached to an aromatic ring is 1. The summed E-state index contributed by atoms with van der Waals surface area (Å²) in [6.45, 7) is 0. The minimum atomic E-state index is -0.413. The van der Waals surface area contributed by atoms with Crippen LogP contribution in [0.5, 0.6) is 23.0 Å². The Morgan fingerprint density at radius 1 is 0.882 bits per heavy atom. The van der Waals surface area contributed by atoms with Crippen LogP contribution >= 0.6 is 23.1 Å². The summed E-state index contributed by atoms with van der Waals surface area (Å²) >= 11 is 2.28. The fourth-order valence-corrected chi connectivity index (χ4v) is 4.64. The first-order chi connectivity index (χ1) is 16.4. The number of nitrogens with two attached hydrogens (primary N) is 1. The van der Waals surface area contributed by atoms with Gasteiger partial charge in [-0.05, 0) is 24.3 Å². The molecule has 2 aromatic carbocycles. The number of hydrogen-bond donors (Lipinski definition) is 3. The van der Waals surface area contributed by atoms with Gasteiger partial charge in [0.1, 0.15) is 10.7 Å². The van der Waals surface area contributed by atoms with Crippen molar-refractivity contribution in [3.05, 3.63) is 41.3 Å². The van der Waals surface area contributed by atoms with Gasteiger partial charge in [-0.15, -0.1) is 11.3 Å². The van der Waals surface area contributed by atoms with E-state index in [-0.39, 0.29) is 22.4 Å². The van der Waals surface area contributed by atoms with Crippen LogP contribution in [0.2, 0.25) is 0 Å². The van der Waals surface area contributed by atoms with E-state index < -0.39 is 5.91 Å². The number of amides is 2. The van der Waals surface area contributed by atoms with Gasteiger partial charge >= 0.3 is 0 Å². The molecule has 0 aliphatic rings. The Hall–Kier alpha value is -3.64. The lowest BCUT2D eigenvalue weighted by atomic mass is 10.2. The van der Waals surface area contributed by atoms with Crippen molar-refractivity contribution in [2.75, 3.05) is 50.6 Å². The standard InChI is InChI=1S/C22H24N4O6S2/c1-29-14-7-5-12(9-16(14)31-3)24-18(27)11-33-22-26-20(23)19(34-22)21(28)25-13-6-8-15(30-2)17(10-13)32-4/h5-10H,11,23H2,1-4H3,(H,24,27)(H,25,28). The van der Waals surface area contributed by atoms with Gasteiger partial charge in [0.2, 0.25) is 5.91 Å². The monoisotopic (exact) mass is 504 g/mol. The van der Waals surface area contributed by atoms with Gasteiger partial charge in [-0.25, -0.2) is 4.98 Å². The van der Waals surface area contributed by atoms with Gasteiger partial charge in [-0.3, -0.25) is 9.59 Å². The van der Waals surface area contributed by atoms with E-state index in [1.165, 1.54) is 40.2 Å². The quantitative estimate of drug-likeness (QED) is 0.353. The zero-order valence-electron chi connectivity index (χ0n) is 19.0. The SMILES string of the molecule is COc1ccc(NC(=O)CSc2nc(N)c(C(=O)Nc3ccc(OC)c(OC)c3)s2)cc1OC. The Kier molecular flexibility index (Phi) is 8.44. The number of carbonyl (C=O) groups is 2. The molecule has 0 aliphatic heterocycles. The molecule has 0 spiro atoms. The molecule has 10 nitrogen and oxygen atoms in total. The predicted molar refractivity (Wildman–Crippen MR) is 133 cm³/mol. The summed E-state index contributed by atoms with van der Waals surface area (Å²) in [5.41, 5.74) is 7.02. The van der Waals surface area contributed by atoms with Crippen molar-refractivity contribution in [3.8, 4) is 23.0 Å². The Morgan fingerprint density at radius 3 is 1.94 bits per heavy atom. The van der Waals surface area contributed by atoms with Crippen molar-refractivity contribution >= 4 is 52.1 Å². The first-order valence-corrected chi connectivity index (χ1v) is 11.6. The van der Waals surface area contributed by atoms with Crippen LogP contribution in [0.15, 0.2) is 40.7 Å². The smallest absolute Gasteiger partial charge is 0.269 e. The highest BCUT2D eigenvalue weighted by Gasteiger charge is 2.18. The van der Waals surface area contributed by atoms with Crippen molar-refractivity contribution < 1.29 is 28.5 Å². The van der Waals surface area contributed by atoms with Crippen LogP contribution in [-0.2, 0) is 4.79 Å². The first-order valence-electron chi connectivity index (χ1n) is 9.82. The minimum absolute atomic E-state index is 0.0814. The third kappa shape index (κ3) is 6.02. The van der Waals surface area contributed by atoms with Crippen LogP contribution in [0.1, 0.15) is 9.67 Å². The Balaban J connectivity index is 1.60. The normalized spacial score (nSPS) is 10.4. The van der Waals surface area contributed by atoms with Crippen LogP contribution in [0.3, 0.4) is 0 Å². The molecule has 1 aromatic heterocycles. The van der Waals surface area contributed by atoms with E-state index >= 15 is 0 Å². The number of rotatable bonds is 10. The van der Waals surface area contributed by atoms with Crippen molar-refractivity contribution in [1.82, 2.24) is 4.98 Å². The maximum Gasteiger partial charge on any atom is 0.269 e. The van der Waals surface area contributed by atoms with Crippen LogP contribution in [-0.4, -0.2) is 51.0 Å². The molecule has 0 aliphatic carbocycles. The molecule has 3 aromatic rings. The molecule has 180 valence electrons. The zero-order chi connectivity index (χ0) is 24.7. The molecule has 34 heavy (non-hydrogen) atoms. The van der Waals surface area contributed by atoms with E-state index in [1.54, 1.807) is 36.4 Å². The number of benzene rings is 2. The highest BCUT2D eigenvalue weighted by Crippen LogP contribution is 2.33. The van der Waals surface area contributed by atoms with Crippen molar-refractivity contribution in [2.24, 2.45) is 0 Å². The number of nitrogens with zero attached hydrogens (tertiary/aromatic N) is 1. The zero-order valence-corrected chi connectivity index (χ0v) is 20.6. The molecule has 0 saturated heterocycles. The second-order valence-corrected chi connectivity index (χ2v) is 8.85. The third-order valence-corrected chi connectivity index (χ3v) is 6.69. The fourth-order valence-electron chi connectivity index (χ4n) is 2.88.